The Morgan fingerprint density at radius 2 is 2.36 bits per heavy atom. The Morgan fingerprint density at radius 1 is 1.50 bits per heavy atom. The molecule has 0 aliphatic carbocycles. The van der Waals surface area contributed by atoms with Crippen LogP contribution in [0, 0.1) is 0 Å². The zero-order valence-electron chi connectivity index (χ0n) is 13.5. The van der Waals surface area contributed by atoms with E-state index in [0.717, 1.165) is 26.0 Å². The van der Waals surface area contributed by atoms with Gasteiger partial charge in [0.1, 0.15) is 6.10 Å². The van der Waals surface area contributed by atoms with Crippen LogP contribution in [-0.2, 0) is 16.0 Å². The number of ether oxygens (including phenoxy) is 2. The molecule has 0 bridgehead atoms. The number of hydrogen-bond acceptors (Lipinski definition) is 6. The Balaban J connectivity index is 1.75. The highest BCUT2D eigenvalue weighted by molar-refractivity contribution is 5.79. The molecule has 22 heavy (non-hydrogen) atoms. The van der Waals surface area contributed by atoms with Gasteiger partial charge in [0, 0.05) is 26.8 Å². The third kappa shape index (κ3) is 4.96. The minimum Gasteiger partial charge on any atom is -0.376 e. The maximum atomic E-state index is 5.56. The largest absolute Gasteiger partial charge is 0.376 e. The number of aromatic nitrogens is 2. The molecular weight excluding hydrogens is 286 g/mol. The molecule has 1 aliphatic rings. The lowest BCUT2D eigenvalue weighted by atomic mass is 10.2. The van der Waals surface area contributed by atoms with Crippen LogP contribution in [0.3, 0.4) is 0 Å². The molecule has 1 fully saturated rings. The first-order chi connectivity index (χ1) is 10.7. The quantitative estimate of drug-likeness (QED) is 0.573. The smallest absolute Gasteiger partial charge is 0.246 e. The first kappa shape index (κ1) is 16.7. The summed E-state index contributed by atoms with van der Waals surface area (Å²) < 4.78 is 16.2. The highest BCUT2D eigenvalue weighted by Crippen LogP contribution is 2.12. The summed E-state index contributed by atoms with van der Waals surface area (Å²) in [6, 6.07) is 0. The van der Waals surface area contributed by atoms with E-state index in [-0.39, 0.29) is 12.2 Å². The van der Waals surface area contributed by atoms with E-state index in [2.05, 4.69) is 25.8 Å². The third-order valence-corrected chi connectivity index (χ3v) is 3.42. The van der Waals surface area contributed by atoms with Crippen molar-refractivity contribution in [1.82, 2.24) is 20.8 Å². The highest BCUT2D eigenvalue weighted by Gasteiger charge is 2.16. The van der Waals surface area contributed by atoms with E-state index in [0.29, 0.717) is 30.8 Å². The van der Waals surface area contributed by atoms with Crippen molar-refractivity contribution < 1.29 is 14.0 Å². The molecule has 1 saturated heterocycles. The standard InChI is InChI=1S/C14H25N5O3/c1-4-20-10(2)13-18-12(22-19-13)9-17-14(15-3)16-8-11-6-5-7-21-11/h10-11H,4-9H2,1-3H3,(H2,15,16,17). The molecule has 124 valence electrons. The van der Waals surface area contributed by atoms with Gasteiger partial charge >= 0.3 is 0 Å². The summed E-state index contributed by atoms with van der Waals surface area (Å²) in [4.78, 5) is 8.46. The lowest BCUT2D eigenvalue weighted by Gasteiger charge is -2.14. The Morgan fingerprint density at radius 3 is 3.05 bits per heavy atom. The highest BCUT2D eigenvalue weighted by atomic mass is 16.5. The van der Waals surface area contributed by atoms with Crippen molar-refractivity contribution in [2.24, 2.45) is 4.99 Å². The number of hydrogen-bond donors (Lipinski definition) is 2. The van der Waals surface area contributed by atoms with Crippen LogP contribution in [0.1, 0.15) is 44.5 Å². The average molecular weight is 311 g/mol. The van der Waals surface area contributed by atoms with Crippen LogP contribution in [0.15, 0.2) is 9.52 Å². The Hall–Kier alpha value is -1.67. The van der Waals surface area contributed by atoms with Crippen molar-refractivity contribution in [3.05, 3.63) is 11.7 Å². The molecule has 0 saturated carbocycles. The summed E-state index contributed by atoms with van der Waals surface area (Å²) in [5.74, 6) is 1.75. The molecule has 8 heteroatoms. The zero-order chi connectivity index (χ0) is 15.8. The molecule has 8 nitrogen and oxygen atoms in total. The first-order valence-corrected chi connectivity index (χ1v) is 7.73. The van der Waals surface area contributed by atoms with Crippen molar-refractivity contribution in [2.45, 2.75) is 45.4 Å². The van der Waals surface area contributed by atoms with Gasteiger partial charge in [-0.25, -0.2) is 0 Å². The fourth-order valence-electron chi connectivity index (χ4n) is 2.23. The monoisotopic (exact) mass is 311 g/mol. The maximum absolute atomic E-state index is 5.56. The first-order valence-electron chi connectivity index (χ1n) is 7.73. The van der Waals surface area contributed by atoms with E-state index in [1.54, 1.807) is 7.05 Å². The average Bonchev–Trinajstić information content (AvgIpc) is 3.19. The van der Waals surface area contributed by atoms with E-state index in [1.165, 1.54) is 0 Å². The normalized spacial score (nSPS) is 20.1. The van der Waals surface area contributed by atoms with E-state index >= 15 is 0 Å². The van der Waals surface area contributed by atoms with Gasteiger partial charge in [0.25, 0.3) is 0 Å². The van der Waals surface area contributed by atoms with Gasteiger partial charge in [-0.2, -0.15) is 4.98 Å². The minimum absolute atomic E-state index is 0.167. The van der Waals surface area contributed by atoms with Crippen molar-refractivity contribution in [1.29, 1.82) is 0 Å². The van der Waals surface area contributed by atoms with Crippen molar-refractivity contribution >= 4 is 5.96 Å². The van der Waals surface area contributed by atoms with Crippen LogP contribution in [0.2, 0.25) is 0 Å². The van der Waals surface area contributed by atoms with Crippen LogP contribution in [-0.4, -0.2) is 49.0 Å². The van der Waals surface area contributed by atoms with Crippen molar-refractivity contribution in [3.8, 4) is 0 Å². The molecule has 0 amide bonds. The number of rotatable bonds is 7. The lowest BCUT2D eigenvalue weighted by Crippen LogP contribution is -2.40. The van der Waals surface area contributed by atoms with E-state index < -0.39 is 0 Å². The zero-order valence-corrected chi connectivity index (χ0v) is 13.5. The molecule has 0 spiro atoms. The summed E-state index contributed by atoms with van der Waals surface area (Å²) in [5, 5.41) is 10.3. The van der Waals surface area contributed by atoms with Gasteiger partial charge in [-0.3, -0.25) is 4.99 Å². The molecule has 0 radical (unpaired) electrons. The predicted octanol–water partition coefficient (Wildman–Crippen LogP) is 1.01. The number of guanidine groups is 1. The lowest BCUT2D eigenvalue weighted by molar-refractivity contribution is 0.0683. The molecular formula is C14H25N5O3. The SMILES string of the molecule is CCOC(C)c1noc(CNC(=NC)NCC2CCCO2)n1. The molecule has 2 N–H and O–H groups in total. The second-order valence-electron chi connectivity index (χ2n) is 5.09. The predicted molar refractivity (Wildman–Crippen MR) is 81.5 cm³/mol. The summed E-state index contributed by atoms with van der Waals surface area (Å²) >= 11 is 0. The summed E-state index contributed by atoms with van der Waals surface area (Å²) in [5.41, 5.74) is 0. The van der Waals surface area contributed by atoms with Gasteiger partial charge in [0.15, 0.2) is 11.8 Å². The molecule has 0 aromatic carbocycles. The number of aliphatic imine (C=N–C) groups is 1. The fourth-order valence-corrected chi connectivity index (χ4v) is 2.23. The Labute approximate surface area is 130 Å². The molecule has 2 rings (SSSR count). The van der Waals surface area contributed by atoms with Crippen LogP contribution < -0.4 is 10.6 Å². The van der Waals surface area contributed by atoms with Crippen LogP contribution in [0.25, 0.3) is 0 Å². The minimum atomic E-state index is -0.167. The number of nitrogens with one attached hydrogen (secondary N) is 2. The molecule has 1 aromatic rings. The number of nitrogens with zero attached hydrogens (tertiary/aromatic N) is 3. The molecule has 1 aliphatic heterocycles. The Kier molecular flexibility index (Phi) is 6.60. The van der Waals surface area contributed by atoms with Gasteiger partial charge in [-0.1, -0.05) is 5.16 Å². The van der Waals surface area contributed by atoms with Gasteiger partial charge in [-0.15, -0.1) is 0 Å². The van der Waals surface area contributed by atoms with Gasteiger partial charge in [-0.05, 0) is 26.7 Å². The molecule has 2 atom stereocenters. The van der Waals surface area contributed by atoms with Crippen LogP contribution >= 0.6 is 0 Å². The van der Waals surface area contributed by atoms with Crippen LogP contribution in [0.5, 0.6) is 0 Å². The van der Waals surface area contributed by atoms with E-state index in [9.17, 15) is 0 Å². The van der Waals surface area contributed by atoms with Crippen molar-refractivity contribution in [2.75, 3.05) is 26.8 Å². The molecule has 2 unspecified atom stereocenters. The Bertz CT molecular complexity index is 471. The summed E-state index contributed by atoms with van der Waals surface area (Å²) in [6.45, 7) is 6.45. The second kappa shape index (κ2) is 8.70. The van der Waals surface area contributed by atoms with Gasteiger partial charge in [0.2, 0.25) is 5.89 Å². The maximum Gasteiger partial charge on any atom is 0.246 e. The summed E-state index contributed by atoms with van der Waals surface area (Å²) in [7, 11) is 1.72. The molecule has 1 aromatic heterocycles. The van der Waals surface area contributed by atoms with E-state index in [1.807, 2.05) is 13.8 Å². The topological polar surface area (TPSA) is 93.8 Å². The fraction of sp³-hybridized carbons (Fsp3) is 0.786. The van der Waals surface area contributed by atoms with Gasteiger partial charge in [0.05, 0.1) is 12.6 Å². The van der Waals surface area contributed by atoms with Crippen molar-refractivity contribution in [3.63, 3.8) is 0 Å². The summed E-state index contributed by atoms with van der Waals surface area (Å²) in [6.07, 6.45) is 2.31. The van der Waals surface area contributed by atoms with Gasteiger partial charge < -0.3 is 24.6 Å². The third-order valence-electron chi connectivity index (χ3n) is 3.42. The molecule has 2 heterocycles. The second-order valence-corrected chi connectivity index (χ2v) is 5.09. The van der Waals surface area contributed by atoms with E-state index in [4.69, 9.17) is 14.0 Å². The van der Waals surface area contributed by atoms with Crippen LogP contribution in [0.4, 0.5) is 0 Å².